The molecule has 4 N–H and O–H groups in total. The molecule has 0 saturated carbocycles. The van der Waals surface area contributed by atoms with Crippen molar-refractivity contribution >= 4 is 0 Å². The summed E-state index contributed by atoms with van der Waals surface area (Å²) in [6, 6.07) is 4.30. The second-order valence-corrected chi connectivity index (χ2v) is 12.6. The van der Waals surface area contributed by atoms with Gasteiger partial charge in [0.25, 0.3) is 0 Å². The van der Waals surface area contributed by atoms with Crippen molar-refractivity contribution in [3.8, 4) is 0 Å². The van der Waals surface area contributed by atoms with E-state index in [-0.39, 0.29) is 0 Å². The third-order valence-corrected chi connectivity index (χ3v) is 10.1. The number of piperidine rings is 1. The first-order valence-electron chi connectivity index (χ1n) is 13.8. The molecular weight excluding hydrogens is 396 g/mol. The van der Waals surface area contributed by atoms with Crippen LogP contribution in [0.1, 0.15) is 66.2 Å². The van der Waals surface area contributed by atoms with Crippen LogP contribution in [0.5, 0.6) is 0 Å². The number of nitrogens with two attached hydrogens (primary N) is 1. The van der Waals surface area contributed by atoms with Crippen LogP contribution in [0.25, 0.3) is 0 Å². The van der Waals surface area contributed by atoms with Gasteiger partial charge in [-0.05, 0) is 97.2 Å². The first-order chi connectivity index (χ1) is 15.3. The fraction of sp³-hybridized carbons (Fsp3) is 1.00. The number of rotatable bonds is 7. The van der Waals surface area contributed by atoms with E-state index in [2.05, 4.69) is 53.0 Å². The van der Waals surface area contributed by atoms with Gasteiger partial charge >= 0.3 is 0 Å². The molecule has 0 aromatic heterocycles. The van der Waals surface area contributed by atoms with Crippen molar-refractivity contribution in [1.82, 2.24) is 25.3 Å². The van der Waals surface area contributed by atoms with Crippen molar-refractivity contribution in [2.24, 2.45) is 17.1 Å². The van der Waals surface area contributed by atoms with Crippen LogP contribution in [0, 0.1) is 11.3 Å². The highest BCUT2D eigenvalue weighted by Crippen LogP contribution is 2.42. The number of likely N-dealkylation sites (tertiary alicyclic amines) is 3. The van der Waals surface area contributed by atoms with E-state index in [4.69, 9.17) is 5.73 Å². The Labute approximate surface area is 197 Å². The molecule has 0 radical (unpaired) electrons. The third-order valence-electron chi connectivity index (χ3n) is 10.1. The Kier molecular flexibility index (Phi) is 6.92. The zero-order valence-corrected chi connectivity index (χ0v) is 21.2. The molecule has 0 aromatic carbocycles. The highest BCUT2D eigenvalue weighted by molar-refractivity contribution is 5.03. The molecule has 5 rings (SSSR count). The van der Waals surface area contributed by atoms with E-state index in [1.54, 1.807) is 0 Å². The predicted octanol–water partition coefficient (Wildman–Crippen LogP) is 1.70. The minimum absolute atomic E-state index is 0.361. The monoisotopic (exact) mass is 446 g/mol. The maximum absolute atomic E-state index is 6.57. The van der Waals surface area contributed by atoms with Crippen molar-refractivity contribution in [2.75, 3.05) is 45.8 Å². The molecule has 0 bridgehead atoms. The Balaban J connectivity index is 1.12. The SMILES string of the molecule is CC(C)N1CCC2(CCNC(CC(C)N3CC(N)C3CC(C)N3CC4CCNC4C3)C2)C1. The fourth-order valence-corrected chi connectivity index (χ4v) is 7.90. The fourth-order valence-electron chi connectivity index (χ4n) is 7.90. The average molecular weight is 447 g/mol. The van der Waals surface area contributed by atoms with E-state index in [1.165, 1.54) is 77.8 Å². The molecule has 32 heavy (non-hydrogen) atoms. The number of nitrogens with zero attached hydrogens (tertiary/aromatic N) is 3. The van der Waals surface area contributed by atoms with Crippen molar-refractivity contribution in [2.45, 2.75) is 109 Å². The molecule has 0 aromatic rings. The van der Waals surface area contributed by atoms with Crippen LogP contribution in [0.3, 0.4) is 0 Å². The summed E-state index contributed by atoms with van der Waals surface area (Å²) in [5.74, 6) is 0.884. The summed E-state index contributed by atoms with van der Waals surface area (Å²) in [6.07, 6.45) is 8.01. The first-order valence-corrected chi connectivity index (χ1v) is 13.8. The van der Waals surface area contributed by atoms with Crippen LogP contribution in [-0.4, -0.2) is 103 Å². The zero-order valence-electron chi connectivity index (χ0n) is 21.2. The molecule has 8 atom stereocenters. The van der Waals surface area contributed by atoms with Gasteiger partial charge in [-0.3, -0.25) is 9.80 Å². The van der Waals surface area contributed by atoms with Crippen LogP contribution < -0.4 is 16.4 Å². The van der Waals surface area contributed by atoms with Crippen LogP contribution in [0.15, 0.2) is 0 Å². The number of nitrogens with one attached hydrogen (secondary N) is 2. The Morgan fingerprint density at radius 3 is 2.50 bits per heavy atom. The molecule has 5 aliphatic heterocycles. The molecule has 6 nitrogen and oxygen atoms in total. The van der Waals surface area contributed by atoms with Gasteiger partial charge in [0.2, 0.25) is 0 Å². The van der Waals surface area contributed by atoms with Gasteiger partial charge in [0.1, 0.15) is 0 Å². The van der Waals surface area contributed by atoms with Crippen molar-refractivity contribution in [3.05, 3.63) is 0 Å². The van der Waals surface area contributed by atoms with Crippen LogP contribution in [0.4, 0.5) is 0 Å². The molecular formula is C26H50N6. The number of hydrogen-bond acceptors (Lipinski definition) is 6. The lowest BCUT2D eigenvalue weighted by Crippen LogP contribution is -2.68. The molecule has 1 spiro atoms. The maximum Gasteiger partial charge on any atom is 0.0327 e. The van der Waals surface area contributed by atoms with Gasteiger partial charge in [-0.25, -0.2) is 0 Å². The minimum Gasteiger partial charge on any atom is -0.325 e. The summed E-state index contributed by atoms with van der Waals surface area (Å²) in [7, 11) is 0. The van der Waals surface area contributed by atoms with Crippen molar-refractivity contribution < 1.29 is 0 Å². The molecule has 8 unspecified atom stereocenters. The van der Waals surface area contributed by atoms with E-state index in [0.29, 0.717) is 41.7 Å². The average Bonchev–Trinajstić information content (AvgIpc) is 3.45. The van der Waals surface area contributed by atoms with Crippen LogP contribution in [-0.2, 0) is 0 Å². The summed E-state index contributed by atoms with van der Waals surface area (Å²) in [4.78, 5) is 8.19. The third kappa shape index (κ3) is 4.65. The lowest BCUT2D eigenvalue weighted by molar-refractivity contribution is -0.00413. The van der Waals surface area contributed by atoms with E-state index >= 15 is 0 Å². The molecule has 0 aliphatic carbocycles. The molecule has 184 valence electrons. The molecule has 0 amide bonds. The quantitative estimate of drug-likeness (QED) is 0.553. The van der Waals surface area contributed by atoms with Gasteiger partial charge in [0, 0.05) is 68.5 Å². The van der Waals surface area contributed by atoms with Crippen LogP contribution >= 0.6 is 0 Å². The maximum atomic E-state index is 6.57. The van der Waals surface area contributed by atoms with Gasteiger partial charge in [-0.1, -0.05) is 0 Å². The topological polar surface area (TPSA) is 59.8 Å². The molecule has 5 aliphatic rings. The van der Waals surface area contributed by atoms with Crippen molar-refractivity contribution in [1.29, 1.82) is 0 Å². The number of fused-ring (bicyclic) bond motifs is 1. The molecule has 6 heteroatoms. The Morgan fingerprint density at radius 2 is 1.78 bits per heavy atom. The Bertz CT molecular complexity index is 630. The predicted molar refractivity (Wildman–Crippen MR) is 133 cm³/mol. The number of hydrogen-bond donors (Lipinski definition) is 3. The highest BCUT2D eigenvalue weighted by Gasteiger charge is 2.45. The highest BCUT2D eigenvalue weighted by atomic mass is 15.3. The van der Waals surface area contributed by atoms with Gasteiger partial charge < -0.3 is 21.3 Å². The lowest BCUT2D eigenvalue weighted by atomic mass is 9.74. The summed E-state index contributed by atoms with van der Waals surface area (Å²) in [5.41, 5.74) is 7.14. The molecule has 5 heterocycles. The van der Waals surface area contributed by atoms with E-state index in [9.17, 15) is 0 Å². The summed E-state index contributed by atoms with van der Waals surface area (Å²) in [6.45, 7) is 18.3. The molecule has 5 saturated heterocycles. The largest absolute Gasteiger partial charge is 0.325 e. The van der Waals surface area contributed by atoms with Gasteiger partial charge in [-0.2, -0.15) is 0 Å². The summed E-state index contributed by atoms with van der Waals surface area (Å²) < 4.78 is 0. The van der Waals surface area contributed by atoms with Crippen LogP contribution in [0.2, 0.25) is 0 Å². The van der Waals surface area contributed by atoms with Gasteiger partial charge in [0.15, 0.2) is 0 Å². The Morgan fingerprint density at radius 1 is 0.938 bits per heavy atom. The van der Waals surface area contributed by atoms with Crippen molar-refractivity contribution in [3.63, 3.8) is 0 Å². The van der Waals surface area contributed by atoms with E-state index in [1.807, 2.05) is 0 Å². The normalized spacial score (nSPS) is 43.1. The second kappa shape index (κ2) is 9.43. The van der Waals surface area contributed by atoms with Gasteiger partial charge in [0.05, 0.1) is 0 Å². The van der Waals surface area contributed by atoms with E-state index in [0.717, 1.165) is 18.5 Å². The zero-order chi connectivity index (χ0) is 22.5. The smallest absolute Gasteiger partial charge is 0.0327 e. The minimum atomic E-state index is 0.361. The summed E-state index contributed by atoms with van der Waals surface area (Å²) >= 11 is 0. The standard InChI is InChI=1S/C26H50N6/c1-18(2)30-10-7-26(17-30)6-9-28-22(13-26)11-20(4)32-15-23(27)25(32)12-19(3)31-14-21-5-8-29-24(21)16-31/h18-25,28-29H,5-17,27H2,1-4H3. The summed E-state index contributed by atoms with van der Waals surface area (Å²) in [5, 5.41) is 7.60. The first kappa shape index (κ1) is 23.5. The second-order valence-electron chi connectivity index (χ2n) is 12.6. The van der Waals surface area contributed by atoms with Gasteiger partial charge in [-0.15, -0.1) is 0 Å². The van der Waals surface area contributed by atoms with E-state index < -0.39 is 0 Å². The molecule has 5 fully saturated rings. The lowest BCUT2D eigenvalue weighted by Gasteiger charge is -2.52. The Hall–Kier alpha value is -0.240.